The highest BCUT2D eigenvalue weighted by Gasteiger charge is 2.50. The van der Waals surface area contributed by atoms with E-state index in [0.717, 1.165) is 27.7 Å². The molecule has 1 aromatic heterocycles. The predicted molar refractivity (Wildman–Crippen MR) is 145 cm³/mol. The molecule has 5 rings (SSSR count). The fourth-order valence-corrected chi connectivity index (χ4v) is 5.44. The van der Waals surface area contributed by atoms with Crippen molar-refractivity contribution in [3.8, 4) is 5.75 Å². The smallest absolute Gasteiger partial charge is 0.247 e. The second-order valence-electron chi connectivity index (χ2n) is 10.1. The van der Waals surface area contributed by atoms with Gasteiger partial charge in [0.2, 0.25) is 11.8 Å². The fraction of sp³-hybridized carbons (Fsp3) is 0.333. The molecule has 0 bridgehead atoms. The van der Waals surface area contributed by atoms with Crippen LogP contribution >= 0.6 is 0 Å². The zero-order chi connectivity index (χ0) is 26.8. The summed E-state index contributed by atoms with van der Waals surface area (Å²) in [7, 11) is 0. The van der Waals surface area contributed by atoms with E-state index in [-0.39, 0.29) is 25.0 Å². The van der Waals surface area contributed by atoms with E-state index in [9.17, 15) is 19.8 Å². The molecule has 0 radical (unpaired) electrons. The molecule has 2 aromatic carbocycles. The van der Waals surface area contributed by atoms with E-state index in [2.05, 4.69) is 16.4 Å². The summed E-state index contributed by atoms with van der Waals surface area (Å²) in [5, 5.41) is 24.7. The summed E-state index contributed by atoms with van der Waals surface area (Å²) >= 11 is 0. The Morgan fingerprint density at radius 1 is 1.13 bits per heavy atom. The Bertz CT molecular complexity index is 1370. The molecular weight excluding hydrogens is 482 g/mol. The number of allylic oxidation sites excluding steroid dienone is 1. The number of fused-ring (bicyclic) bond motifs is 4. The van der Waals surface area contributed by atoms with Crippen molar-refractivity contribution >= 4 is 22.7 Å². The van der Waals surface area contributed by atoms with E-state index in [0.29, 0.717) is 24.3 Å². The summed E-state index contributed by atoms with van der Waals surface area (Å²) < 4.78 is 6.17. The van der Waals surface area contributed by atoms with Crippen LogP contribution in [0.4, 0.5) is 0 Å². The van der Waals surface area contributed by atoms with Crippen LogP contribution in [0.2, 0.25) is 0 Å². The number of carbonyl (C=O) groups is 2. The zero-order valence-electron chi connectivity index (χ0n) is 21.6. The number of carbonyl (C=O) groups excluding carboxylic acids is 2. The van der Waals surface area contributed by atoms with Gasteiger partial charge < -0.3 is 30.2 Å². The molecule has 8 nitrogen and oxygen atoms in total. The van der Waals surface area contributed by atoms with Crippen LogP contribution in [0.15, 0.2) is 77.9 Å². The third kappa shape index (κ3) is 4.97. The second kappa shape index (κ2) is 10.8. The molecule has 38 heavy (non-hydrogen) atoms. The molecule has 2 aliphatic rings. The van der Waals surface area contributed by atoms with Gasteiger partial charge in [-0.05, 0) is 43.5 Å². The van der Waals surface area contributed by atoms with E-state index in [1.54, 1.807) is 17.1 Å². The van der Waals surface area contributed by atoms with E-state index in [1.165, 1.54) is 0 Å². The van der Waals surface area contributed by atoms with Crippen molar-refractivity contribution in [3.05, 3.63) is 89.2 Å². The van der Waals surface area contributed by atoms with Crippen LogP contribution in [0.3, 0.4) is 0 Å². The van der Waals surface area contributed by atoms with Crippen LogP contribution in [0, 0.1) is 0 Å². The van der Waals surface area contributed by atoms with Gasteiger partial charge in [-0.2, -0.15) is 0 Å². The third-order valence-corrected chi connectivity index (χ3v) is 7.14. The monoisotopic (exact) mass is 515 g/mol. The van der Waals surface area contributed by atoms with Gasteiger partial charge in [-0.3, -0.25) is 9.59 Å². The van der Waals surface area contributed by atoms with Gasteiger partial charge in [0.25, 0.3) is 0 Å². The molecule has 2 amide bonds. The lowest BCUT2D eigenvalue weighted by atomic mass is 9.77. The first kappa shape index (κ1) is 25.8. The van der Waals surface area contributed by atoms with E-state index in [1.807, 2.05) is 62.4 Å². The normalized spacial score (nSPS) is 21.6. The maximum atomic E-state index is 13.5. The molecule has 0 saturated carbocycles. The summed E-state index contributed by atoms with van der Waals surface area (Å²) in [6.07, 6.45) is 2.00. The molecule has 4 atom stereocenters. The number of aromatic nitrogens is 1. The molecule has 3 aromatic rings. The number of amides is 2. The standard InChI is InChI=1S/C30H33N3O5/c1-18(2)15-26(35)33(13-11-20-16-19-7-3-5-9-23(19)32-20)24-17-22(30(37)31-12-14-34)27-21-8-4-6-10-25(21)38-29(27)28(24)36/h3-10,15-17,24,27-29,32,34,36H,11-14H2,1-2H3,(H,31,37)/t24-,27+,28+,29+/m1/s1. The molecule has 2 heterocycles. The molecule has 4 N–H and O–H groups in total. The Kier molecular flexibility index (Phi) is 7.35. The lowest BCUT2D eigenvalue weighted by Crippen LogP contribution is -2.56. The number of nitrogens with one attached hydrogen (secondary N) is 2. The van der Waals surface area contributed by atoms with Crippen molar-refractivity contribution in [2.75, 3.05) is 19.7 Å². The number of benzene rings is 2. The van der Waals surface area contributed by atoms with Crippen LogP contribution < -0.4 is 10.1 Å². The molecular formula is C30H33N3O5. The van der Waals surface area contributed by atoms with Crippen molar-refractivity contribution in [2.24, 2.45) is 0 Å². The van der Waals surface area contributed by atoms with Gasteiger partial charge in [-0.1, -0.05) is 42.0 Å². The number of aliphatic hydroxyl groups is 2. The largest absolute Gasteiger partial charge is 0.486 e. The Balaban J connectivity index is 1.51. The first-order chi connectivity index (χ1) is 18.4. The van der Waals surface area contributed by atoms with Crippen LogP contribution in [-0.4, -0.2) is 69.9 Å². The molecule has 0 spiro atoms. The highest BCUT2D eigenvalue weighted by molar-refractivity contribution is 5.96. The van der Waals surface area contributed by atoms with Gasteiger partial charge in [0.05, 0.1) is 18.6 Å². The maximum Gasteiger partial charge on any atom is 0.247 e. The molecule has 1 aliphatic heterocycles. The Morgan fingerprint density at radius 2 is 1.89 bits per heavy atom. The van der Waals surface area contributed by atoms with Crippen molar-refractivity contribution in [1.29, 1.82) is 0 Å². The van der Waals surface area contributed by atoms with Gasteiger partial charge in [-0.25, -0.2) is 0 Å². The summed E-state index contributed by atoms with van der Waals surface area (Å²) in [6.45, 7) is 3.93. The van der Waals surface area contributed by atoms with Gasteiger partial charge in [-0.15, -0.1) is 0 Å². The van der Waals surface area contributed by atoms with Gasteiger partial charge >= 0.3 is 0 Å². The lowest BCUT2D eigenvalue weighted by molar-refractivity contribution is -0.132. The number of hydrogen-bond donors (Lipinski definition) is 4. The summed E-state index contributed by atoms with van der Waals surface area (Å²) in [4.78, 5) is 31.8. The minimum Gasteiger partial charge on any atom is -0.486 e. The number of ether oxygens (including phenoxy) is 1. The van der Waals surface area contributed by atoms with Gasteiger partial charge in [0.1, 0.15) is 18.0 Å². The Labute approximate surface area is 221 Å². The van der Waals surface area contributed by atoms with Crippen LogP contribution in [0.1, 0.15) is 31.0 Å². The number of rotatable bonds is 8. The quantitative estimate of drug-likeness (QED) is 0.345. The molecule has 8 heteroatoms. The average Bonchev–Trinajstić information content (AvgIpc) is 3.50. The lowest BCUT2D eigenvalue weighted by Gasteiger charge is -2.40. The number of aliphatic hydroxyl groups excluding tert-OH is 2. The fourth-order valence-electron chi connectivity index (χ4n) is 5.44. The minimum absolute atomic E-state index is 0.101. The summed E-state index contributed by atoms with van der Waals surface area (Å²) in [5.41, 5.74) is 4.07. The first-order valence-corrected chi connectivity index (χ1v) is 12.9. The van der Waals surface area contributed by atoms with Crippen molar-refractivity contribution in [2.45, 2.75) is 44.4 Å². The van der Waals surface area contributed by atoms with Crippen molar-refractivity contribution in [3.63, 3.8) is 0 Å². The second-order valence-corrected chi connectivity index (χ2v) is 10.1. The third-order valence-electron chi connectivity index (χ3n) is 7.14. The number of hydrogen-bond acceptors (Lipinski definition) is 5. The number of aromatic amines is 1. The SMILES string of the molecule is CC(C)=CC(=O)N(CCc1cc2ccccc2[nH]1)[C@@H]1C=C(C(=O)NCCO)[C@@H]2c3ccccc3O[C@@H]2[C@H]1O. The van der Waals surface area contributed by atoms with E-state index in [4.69, 9.17) is 4.74 Å². The van der Waals surface area contributed by atoms with E-state index < -0.39 is 24.2 Å². The average molecular weight is 516 g/mol. The number of nitrogens with zero attached hydrogens (tertiary/aromatic N) is 1. The highest BCUT2D eigenvalue weighted by Crippen LogP contribution is 2.47. The summed E-state index contributed by atoms with van der Waals surface area (Å²) in [5.74, 6) is -0.462. The van der Waals surface area contributed by atoms with Crippen molar-refractivity contribution < 1.29 is 24.5 Å². The molecule has 1 aliphatic carbocycles. The Morgan fingerprint density at radius 3 is 2.66 bits per heavy atom. The highest BCUT2D eigenvalue weighted by atomic mass is 16.5. The number of H-pyrrole nitrogens is 1. The molecule has 198 valence electrons. The zero-order valence-corrected chi connectivity index (χ0v) is 21.6. The molecule has 0 unspecified atom stereocenters. The van der Waals surface area contributed by atoms with Crippen LogP contribution in [-0.2, 0) is 16.0 Å². The predicted octanol–water partition coefficient (Wildman–Crippen LogP) is 2.83. The minimum atomic E-state index is -1.06. The molecule has 0 saturated heterocycles. The summed E-state index contributed by atoms with van der Waals surface area (Å²) in [6, 6.07) is 16.7. The van der Waals surface area contributed by atoms with Gasteiger partial charge in [0.15, 0.2) is 0 Å². The number of para-hydroxylation sites is 2. The Hall–Kier alpha value is -3.88. The first-order valence-electron chi connectivity index (χ1n) is 12.9. The van der Waals surface area contributed by atoms with Gasteiger partial charge in [0, 0.05) is 47.9 Å². The van der Waals surface area contributed by atoms with Crippen LogP contribution in [0.5, 0.6) is 5.75 Å². The van der Waals surface area contributed by atoms with Crippen molar-refractivity contribution in [1.82, 2.24) is 15.2 Å². The maximum absolute atomic E-state index is 13.5. The molecule has 0 fully saturated rings. The van der Waals surface area contributed by atoms with E-state index >= 15 is 0 Å². The topological polar surface area (TPSA) is 115 Å². The van der Waals surface area contributed by atoms with Crippen LogP contribution in [0.25, 0.3) is 10.9 Å².